The number of rotatable bonds is 5. The first-order valence-corrected chi connectivity index (χ1v) is 7.54. The predicted molar refractivity (Wildman–Crippen MR) is 80.9 cm³/mol. The molecule has 1 aliphatic rings. The van der Waals surface area contributed by atoms with Crippen LogP contribution < -0.4 is 5.32 Å². The van der Waals surface area contributed by atoms with Gasteiger partial charge in [-0.3, -0.25) is 5.10 Å². The van der Waals surface area contributed by atoms with Crippen molar-refractivity contribution in [2.24, 2.45) is 5.41 Å². The quantitative estimate of drug-likeness (QED) is 0.888. The number of ether oxygens (including phenoxy) is 1. The van der Waals surface area contributed by atoms with E-state index in [2.05, 4.69) is 22.4 Å². The summed E-state index contributed by atoms with van der Waals surface area (Å²) in [7, 11) is 0. The van der Waals surface area contributed by atoms with Gasteiger partial charge in [0.05, 0.1) is 6.20 Å². The van der Waals surface area contributed by atoms with Crippen LogP contribution in [0.15, 0.2) is 22.7 Å². The molecule has 3 heterocycles. The molecule has 2 aromatic heterocycles. The molecule has 0 bridgehead atoms. The molecule has 114 valence electrons. The minimum Gasteiger partial charge on any atom is -0.460 e. The van der Waals surface area contributed by atoms with E-state index in [1.54, 1.807) is 0 Å². The number of nitrogens with one attached hydrogen (secondary N) is 2. The van der Waals surface area contributed by atoms with Gasteiger partial charge in [0.1, 0.15) is 11.5 Å². The van der Waals surface area contributed by atoms with Gasteiger partial charge in [-0.2, -0.15) is 5.10 Å². The average Bonchev–Trinajstić information content (AvgIpc) is 3.08. The van der Waals surface area contributed by atoms with Gasteiger partial charge in [-0.25, -0.2) is 0 Å². The van der Waals surface area contributed by atoms with Crippen molar-refractivity contribution in [3.63, 3.8) is 0 Å². The van der Waals surface area contributed by atoms with E-state index in [1.165, 1.54) is 0 Å². The molecule has 0 radical (unpaired) electrons. The van der Waals surface area contributed by atoms with Crippen LogP contribution in [0.5, 0.6) is 0 Å². The molecule has 2 N–H and O–H groups in total. The van der Waals surface area contributed by atoms with Crippen LogP contribution in [-0.2, 0) is 11.3 Å². The lowest BCUT2D eigenvalue weighted by Gasteiger charge is -2.33. The number of aryl methyl sites for hydroxylation is 1. The van der Waals surface area contributed by atoms with E-state index < -0.39 is 0 Å². The molecule has 1 aliphatic heterocycles. The minimum absolute atomic E-state index is 0.337. The molecule has 5 nitrogen and oxygen atoms in total. The highest BCUT2D eigenvalue weighted by Gasteiger charge is 2.26. The normalized spacial score (nSPS) is 18.0. The second-order valence-corrected chi connectivity index (χ2v) is 6.21. The predicted octanol–water partition coefficient (Wildman–Crippen LogP) is 2.88. The van der Waals surface area contributed by atoms with Gasteiger partial charge in [-0.05, 0) is 37.3 Å². The van der Waals surface area contributed by atoms with E-state index >= 15 is 0 Å². The third kappa shape index (κ3) is 3.36. The van der Waals surface area contributed by atoms with Crippen molar-refractivity contribution < 1.29 is 9.15 Å². The van der Waals surface area contributed by atoms with Crippen molar-refractivity contribution >= 4 is 0 Å². The summed E-state index contributed by atoms with van der Waals surface area (Å²) in [6.45, 7) is 7.82. The molecule has 0 saturated carbocycles. The van der Waals surface area contributed by atoms with Crippen molar-refractivity contribution in [1.82, 2.24) is 15.5 Å². The van der Waals surface area contributed by atoms with E-state index in [9.17, 15) is 0 Å². The topological polar surface area (TPSA) is 63.1 Å². The Morgan fingerprint density at radius 3 is 2.86 bits per heavy atom. The van der Waals surface area contributed by atoms with Crippen molar-refractivity contribution in [3.8, 4) is 11.5 Å². The van der Waals surface area contributed by atoms with Gasteiger partial charge in [-0.15, -0.1) is 0 Å². The lowest BCUT2D eigenvalue weighted by atomic mass is 9.82. The monoisotopic (exact) mass is 289 g/mol. The molecule has 0 aromatic carbocycles. The maximum Gasteiger partial charge on any atom is 0.152 e. The maximum atomic E-state index is 5.67. The third-order valence-corrected chi connectivity index (χ3v) is 4.27. The number of nitrogens with zero attached hydrogens (tertiary/aromatic N) is 1. The molecule has 1 saturated heterocycles. The lowest BCUT2D eigenvalue weighted by Crippen LogP contribution is -2.36. The zero-order valence-corrected chi connectivity index (χ0v) is 12.7. The zero-order valence-electron chi connectivity index (χ0n) is 12.7. The van der Waals surface area contributed by atoms with E-state index in [4.69, 9.17) is 9.15 Å². The third-order valence-electron chi connectivity index (χ3n) is 4.27. The summed E-state index contributed by atoms with van der Waals surface area (Å²) in [5.74, 6) is 1.76. The van der Waals surface area contributed by atoms with Crippen LogP contribution in [-0.4, -0.2) is 30.0 Å². The van der Waals surface area contributed by atoms with Crippen LogP contribution in [0.3, 0.4) is 0 Å². The standard InChI is InChI=1S/C16H23N3O2/c1-12-3-4-14(21-12)15-13(10-18-19-15)9-17-11-16(2)5-7-20-8-6-16/h3-4,10,17H,5-9,11H2,1-2H3,(H,18,19). The van der Waals surface area contributed by atoms with Gasteiger partial charge in [-0.1, -0.05) is 6.92 Å². The number of aromatic amines is 1. The molecular formula is C16H23N3O2. The summed E-state index contributed by atoms with van der Waals surface area (Å²) >= 11 is 0. The van der Waals surface area contributed by atoms with Crippen LogP contribution in [0.25, 0.3) is 11.5 Å². The molecule has 5 heteroatoms. The van der Waals surface area contributed by atoms with E-state index in [0.717, 1.165) is 61.9 Å². The molecule has 1 fully saturated rings. The highest BCUT2D eigenvalue weighted by Crippen LogP contribution is 2.29. The average molecular weight is 289 g/mol. The van der Waals surface area contributed by atoms with Gasteiger partial charge in [0.25, 0.3) is 0 Å². The Morgan fingerprint density at radius 2 is 2.14 bits per heavy atom. The highest BCUT2D eigenvalue weighted by molar-refractivity contribution is 5.56. The fourth-order valence-electron chi connectivity index (χ4n) is 2.77. The van der Waals surface area contributed by atoms with Gasteiger partial charge in [0, 0.05) is 31.9 Å². The molecule has 21 heavy (non-hydrogen) atoms. The van der Waals surface area contributed by atoms with Gasteiger partial charge < -0.3 is 14.5 Å². The van der Waals surface area contributed by atoms with E-state index in [1.807, 2.05) is 25.3 Å². The van der Waals surface area contributed by atoms with Crippen molar-refractivity contribution in [1.29, 1.82) is 0 Å². The molecule has 0 aliphatic carbocycles. The summed E-state index contributed by atoms with van der Waals surface area (Å²) in [6.07, 6.45) is 4.11. The van der Waals surface area contributed by atoms with Crippen molar-refractivity contribution in [2.45, 2.75) is 33.2 Å². The Hall–Kier alpha value is -1.59. The zero-order chi connectivity index (χ0) is 14.7. The SMILES string of the molecule is Cc1ccc(-c2[nH]ncc2CNCC2(C)CCOCC2)o1. The number of H-pyrrole nitrogens is 1. The largest absolute Gasteiger partial charge is 0.460 e. The minimum atomic E-state index is 0.337. The number of hydrogen-bond acceptors (Lipinski definition) is 4. The van der Waals surface area contributed by atoms with E-state index in [-0.39, 0.29) is 0 Å². The Kier molecular flexibility index (Phi) is 4.12. The molecule has 0 amide bonds. The van der Waals surface area contributed by atoms with Gasteiger partial charge in [0.15, 0.2) is 5.76 Å². The molecule has 2 aromatic rings. The highest BCUT2D eigenvalue weighted by atomic mass is 16.5. The van der Waals surface area contributed by atoms with Crippen LogP contribution in [0.2, 0.25) is 0 Å². The van der Waals surface area contributed by atoms with Gasteiger partial charge >= 0.3 is 0 Å². The Morgan fingerprint density at radius 1 is 1.33 bits per heavy atom. The molecular weight excluding hydrogens is 266 g/mol. The fraction of sp³-hybridized carbons (Fsp3) is 0.562. The first kappa shape index (κ1) is 14.4. The molecule has 0 spiro atoms. The lowest BCUT2D eigenvalue weighted by molar-refractivity contribution is 0.0240. The molecule has 3 rings (SSSR count). The van der Waals surface area contributed by atoms with Gasteiger partial charge in [0.2, 0.25) is 0 Å². The second kappa shape index (κ2) is 6.03. The Balaban J connectivity index is 1.60. The molecule has 0 unspecified atom stereocenters. The maximum absolute atomic E-state index is 5.67. The second-order valence-electron chi connectivity index (χ2n) is 6.21. The van der Waals surface area contributed by atoms with Crippen molar-refractivity contribution in [3.05, 3.63) is 29.7 Å². The Labute approximate surface area is 125 Å². The van der Waals surface area contributed by atoms with Crippen molar-refractivity contribution in [2.75, 3.05) is 19.8 Å². The Bertz CT molecular complexity index is 582. The first-order valence-electron chi connectivity index (χ1n) is 7.54. The summed E-state index contributed by atoms with van der Waals surface area (Å²) in [5.41, 5.74) is 2.44. The number of aromatic nitrogens is 2. The van der Waals surface area contributed by atoms with Crippen LogP contribution in [0, 0.1) is 12.3 Å². The summed E-state index contributed by atoms with van der Waals surface area (Å²) in [4.78, 5) is 0. The molecule has 0 atom stereocenters. The van der Waals surface area contributed by atoms with Crippen LogP contribution >= 0.6 is 0 Å². The fourth-order valence-corrected chi connectivity index (χ4v) is 2.77. The summed E-state index contributed by atoms with van der Waals surface area (Å²) < 4.78 is 11.1. The first-order chi connectivity index (χ1) is 10.2. The van der Waals surface area contributed by atoms with Crippen LogP contribution in [0.1, 0.15) is 31.1 Å². The summed E-state index contributed by atoms with van der Waals surface area (Å²) in [6, 6.07) is 3.95. The number of furan rings is 1. The smallest absolute Gasteiger partial charge is 0.152 e. The van der Waals surface area contributed by atoms with E-state index in [0.29, 0.717) is 5.41 Å². The van der Waals surface area contributed by atoms with Crippen LogP contribution in [0.4, 0.5) is 0 Å². The number of hydrogen-bond donors (Lipinski definition) is 2. The summed E-state index contributed by atoms with van der Waals surface area (Å²) in [5, 5.41) is 10.7.